The van der Waals surface area contributed by atoms with Gasteiger partial charge in [-0.05, 0) is 71.8 Å². The Morgan fingerprint density at radius 3 is 2.52 bits per heavy atom. The van der Waals surface area contributed by atoms with Gasteiger partial charge in [-0.15, -0.1) is 0 Å². The van der Waals surface area contributed by atoms with Crippen molar-refractivity contribution in [3.8, 4) is 0 Å². The molecule has 162 valence electrons. The first-order valence-corrected chi connectivity index (χ1v) is 11.1. The molecule has 0 aromatic carbocycles. The Morgan fingerprint density at radius 2 is 2.07 bits per heavy atom. The lowest BCUT2D eigenvalue weighted by atomic mass is 10.1. The summed E-state index contributed by atoms with van der Waals surface area (Å²) in [7, 11) is 0. The predicted molar refractivity (Wildman–Crippen MR) is 126 cm³/mol. The van der Waals surface area contributed by atoms with Crippen molar-refractivity contribution in [3.63, 3.8) is 0 Å². The van der Waals surface area contributed by atoms with E-state index in [0.29, 0.717) is 5.96 Å². The van der Waals surface area contributed by atoms with Crippen molar-refractivity contribution < 1.29 is 9.53 Å². The summed E-state index contributed by atoms with van der Waals surface area (Å²) >= 11 is 6.65. The zero-order valence-corrected chi connectivity index (χ0v) is 21.0. The number of hydrogen-bond donors (Lipinski definition) is 3. The highest BCUT2D eigenvalue weighted by atomic mass is 79.9. The van der Waals surface area contributed by atoms with Gasteiger partial charge >= 0.3 is 6.09 Å². The van der Waals surface area contributed by atoms with Crippen LogP contribution in [0.25, 0.3) is 0 Å². The molecule has 2 aliphatic rings. The lowest BCUT2D eigenvalue weighted by Gasteiger charge is -2.30. The van der Waals surface area contributed by atoms with E-state index < -0.39 is 11.7 Å². The summed E-state index contributed by atoms with van der Waals surface area (Å²) in [6.07, 6.45) is 5.27. The summed E-state index contributed by atoms with van der Waals surface area (Å²) in [5, 5.41) is 5.75. The van der Waals surface area contributed by atoms with Gasteiger partial charge in [0.1, 0.15) is 11.8 Å². The zero-order chi connectivity index (χ0) is 22.2. The second-order valence-corrected chi connectivity index (χ2v) is 8.76. The van der Waals surface area contributed by atoms with Gasteiger partial charge in [-0.1, -0.05) is 32.6 Å². The Hall–Kier alpha value is -1.74. The van der Waals surface area contributed by atoms with Gasteiger partial charge in [0.25, 0.3) is 0 Å². The Morgan fingerprint density at radius 1 is 1.41 bits per heavy atom. The molecule has 0 saturated heterocycles. The molecule has 0 bridgehead atoms. The molecule has 9 heteroatoms. The molecule has 1 aromatic heterocycles. The van der Waals surface area contributed by atoms with E-state index in [1.165, 1.54) is 0 Å². The van der Waals surface area contributed by atoms with Crippen LogP contribution in [-0.2, 0) is 4.74 Å². The molecule has 0 aliphatic carbocycles. The summed E-state index contributed by atoms with van der Waals surface area (Å²) < 4.78 is 7.27. The molecule has 2 unspecified atom stereocenters. The molecular formula is C20H31Br2N5O2. The summed E-state index contributed by atoms with van der Waals surface area (Å²) in [5.74, 6) is 0.433. The minimum absolute atomic E-state index is 0.0525. The van der Waals surface area contributed by atoms with Crippen LogP contribution < -0.4 is 10.6 Å². The first kappa shape index (κ1) is 25.3. The molecule has 0 fully saturated rings. The van der Waals surface area contributed by atoms with Gasteiger partial charge < -0.3 is 19.9 Å². The topological polar surface area (TPSA) is 81.8 Å². The van der Waals surface area contributed by atoms with E-state index in [9.17, 15) is 4.79 Å². The predicted octanol–water partition coefficient (Wildman–Crippen LogP) is 5.05. The van der Waals surface area contributed by atoms with Crippen LogP contribution in [0.4, 0.5) is 4.79 Å². The van der Waals surface area contributed by atoms with Gasteiger partial charge in [-0.2, -0.15) is 0 Å². The average molecular weight is 533 g/mol. The molecule has 0 radical (unpaired) electrons. The molecule has 1 amide bonds. The molecule has 0 spiro atoms. The lowest BCUT2D eigenvalue weighted by Crippen LogP contribution is -2.47. The first-order chi connectivity index (χ1) is 13.6. The Labute approximate surface area is 190 Å². The second-order valence-electron chi connectivity index (χ2n) is 7.11. The number of alkyl carbamates (subject to hydrolysis) is 1. The highest BCUT2D eigenvalue weighted by molar-refractivity contribution is 9.13. The van der Waals surface area contributed by atoms with Gasteiger partial charge in [0, 0.05) is 16.7 Å². The molecule has 3 rings (SSSR count). The van der Waals surface area contributed by atoms with Crippen molar-refractivity contribution in [2.45, 2.75) is 59.4 Å². The number of guanidine groups is 1. The fourth-order valence-electron chi connectivity index (χ4n) is 2.52. The standard InChI is InChI=1S/C13H20N4O2.C5H5Br2N.C2H6/c1-5-17-8-6-7-9-10(17)15-11(14-9)16-12(18)19-13(2,3)4;1-3-2-4(6)5(7)8-3;1-2/h5-7,9-10H,1,8H2,2-4H3,(H2,14,15,16,18);2,8H,1H3;1-2H3. The van der Waals surface area contributed by atoms with Crippen LogP contribution in [0.5, 0.6) is 0 Å². The summed E-state index contributed by atoms with van der Waals surface area (Å²) in [6, 6.07) is 2.07. The van der Waals surface area contributed by atoms with Crippen LogP contribution in [0.1, 0.15) is 40.3 Å². The highest BCUT2D eigenvalue weighted by Gasteiger charge is 2.33. The van der Waals surface area contributed by atoms with E-state index >= 15 is 0 Å². The third-order valence-electron chi connectivity index (χ3n) is 3.60. The number of H-pyrrole nitrogens is 1. The van der Waals surface area contributed by atoms with Crippen LogP contribution in [0.2, 0.25) is 0 Å². The number of nitrogens with one attached hydrogen (secondary N) is 3. The Balaban J connectivity index is 0.000000351. The van der Waals surface area contributed by atoms with E-state index in [4.69, 9.17) is 4.74 Å². The number of amides is 1. The molecular weight excluding hydrogens is 502 g/mol. The van der Waals surface area contributed by atoms with Crippen molar-refractivity contribution >= 4 is 43.9 Å². The molecule has 1 aromatic rings. The molecule has 3 heterocycles. The monoisotopic (exact) mass is 531 g/mol. The van der Waals surface area contributed by atoms with Gasteiger partial charge in [0.2, 0.25) is 5.96 Å². The Bertz CT molecular complexity index is 733. The first-order valence-electron chi connectivity index (χ1n) is 9.49. The zero-order valence-electron chi connectivity index (χ0n) is 17.8. The second kappa shape index (κ2) is 11.4. The number of carbonyl (C=O) groups is 1. The highest BCUT2D eigenvalue weighted by Crippen LogP contribution is 2.22. The van der Waals surface area contributed by atoms with Crippen LogP contribution in [0.15, 0.2) is 45.1 Å². The van der Waals surface area contributed by atoms with Gasteiger partial charge in [0.15, 0.2) is 0 Å². The fraction of sp³-hybridized carbons (Fsp3) is 0.500. The summed E-state index contributed by atoms with van der Waals surface area (Å²) in [6.45, 7) is 16.0. The van der Waals surface area contributed by atoms with Crippen molar-refractivity contribution in [2.75, 3.05) is 6.54 Å². The maximum atomic E-state index is 11.7. The van der Waals surface area contributed by atoms with E-state index in [0.717, 1.165) is 21.3 Å². The molecule has 2 aliphatic heterocycles. The summed E-state index contributed by atoms with van der Waals surface area (Å²) in [4.78, 5) is 21.2. The number of nitrogens with zero attached hydrogens (tertiary/aromatic N) is 2. The number of rotatable bonds is 1. The summed E-state index contributed by atoms with van der Waals surface area (Å²) in [5.41, 5.74) is 0.632. The van der Waals surface area contributed by atoms with Gasteiger partial charge in [0.05, 0.1) is 10.6 Å². The molecule has 3 N–H and O–H groups in total. The van der Waals surface area contributed by atoms with Crippen LogP contribution >= 0.6 is 31.9 Å². The lowest BCUT2D eigenvalue weighted by molar-refractivity contribution is 0.0562. The minimum atomic E-state index is -0.525. The van der Waals surface area contributed by atoms with Crippen LogP contribution in [0, 0.1) is 6.92 Å². The number of halogens is 2. The molecule has 29 heavy (non-hydrogen) atoms. The Kier molecular flexibility index (Phi) is 9.98. The number of fused-ring (bicyclic) bond motifs is 1. The minimum Gasteiger partial charge on any atom is -0.444 e. The van der Waals surface area contributed by atoms with E-state index in [2.05, 4.69) is 59.0 Å². The number of aryl methyl sites for hydroxylation is 1. The maximum Gasteiger partial charge on any atom is 0.414 e. The SMILES string of the molecule is C=CN1CC=CC2NC(NC(=O)OC(C)(C)C)=NC21.CC.Cc1cc(Br)c(Br)[nH]1. The smallest absolute Gasteiger partial charge is 0.414 e. The van der Waals surface area contributed by atoms with E-state index in [1.807, 2.05) is 64.7 Å². The number of aromatic nitrogens is 1. The van der Waals surface area contributed by atoms with Gasteiger partial charge in [-0.25, -0.2) is 9.79 Å². The van der Waals surface area contributed by atoms with Crippen LogP contribution in [0.3, 0.4) is 0 Å². The largest absolute Gasteiger partial charge is 0.444 e. The normalized spacial score (nSPS) is 19.4. The quantitative estimate of drug-likeness (QED) is 0.442. The third-order valence-corrected chi connectivity index (χ3v) is 5.38. The van der Waals surface area contributed by atoms with Crippen molar-refractivity contribution in [2.24, 2.45) is 4.99 Å². The maximum absolute atomic E-state index is 11.7. The average Bonchev–Trinajstić information content (AvgIpc) is 3.16. The van der Waals surface area contributed by atoms with Crippen molar-refractivity contribution in [1.29, 1.82) is 0 Å². The van der Waals surface area contributed by atoms with Crippen LogP contribution in [-0.4, -0.2) is 46.3 Å². The number of aromatic amines is 1. The molecule has 7 nitrogen and oxygen atoms in total. The van der Waals surface area contributed by atoms with Crippen molar-refractivity contribution in [3.05, 3.63) is 45.8 Å². The number of carbonyl (C=O) groups excluding carboxylic acids is 1. The van der Waals surface area contributed by atoms with E-state index in [1.54, 1.807) is 6.20 Å². The third kappa shape index (κ3) is 8.26. The molecule has 2 atom stereocenters. The number of ether oxygens (including phenoxy) is 1. The number of hydrogen-bond acceptors (Lipinski definition) is 5. The fourth-order valence-corrected chi connectivity index (χ4v) is 3.39. The van der Waals surface area contributed by atoms with Gasteiger partial charge in [-0.3, -0.25) is 5.32 Å². The van der Waals surface area contributed by atoms with E-state index in [-0.39, 0.29) is 12.2 Å². The molecule has 0 saturated carbocycles. The van der Waals surface area contributed by atoms with Crippen molar-refractivity contribution in [1.82, 2.24) is 20.5 Å². The number of aliphatic imine (C=N–C) groups is 1.